The van der Waals surface area contributed by atoms with Gasteiger partial charge in [0.25, 0.3) is 0 Å². The molecule has 0 saturated carbocycles. The van der Waals surface area contributed by atoms with E-state index in [4.69, 9.17) is 0 Å². The van der Waals surface area contributed by atoms with Crippen LogP contribution < -0.4 is 0 Å². The maximum atomic E-state index is 11.6. The van der Waals surface area contributed by atoms with E-state index in [2.05, 4.69) is 14.5 Å². The van der Waals surface area contributed by atoms with Crippen LogP contribution in [0.1, 0.15) is 33.7 Å². The van der Waals surface area contributed by atoms with Crippen LogP contribution in [0, 0.1) is 6.92 Å². The molecule has 1 aromatic heterocycles. The zero-order chi connectivity index (χ0) is 12.3. The van der Waals surface area contributed by atoms with Crippen LogP contribution in [-0.2, 0) is 16.0 Å². The molecule has 6 heteroatoms. The summed E-state index contributed by atoms with van der Waals surface area (Å²) in [5.74, 6) is -0.665. The number of aryl methyl sites for hydroxylation is 1. The van der Waals surface area contributed by atoms with Crippen molar-refractivity contribution in [3.8, 4) is 0 Å². The summed E-state index contributed by atoms with van der Waals surface area (Å²) in [5, 5.41) is 0. The number of carbonyl (C=O) groups excluding carboxylic acids is 2. The molecule has 0 amide bonds. The van der Waals surface area contributed by atoms with Gasteiger partial charge in [-0.2, -0.15) is 0 Å². The first-order valence-electron chi connectivity index (χ1n) is 4.80. The van der Waals surface area contributed by atoms with Gasteiger partial charge in [0, 0.05) is 6.54 Å². The Bertz CT molecular complexity index is 423. The average Bonchev–Trinajstić information content (AvgIpc) is 2.63. The maximum absolute atomic E-state index is 11.6. The van der Waals surface area contributed by atoms with Gasteiger partial charge in [0.15, 0.2) is 11.4 Å². The van der Waals surface area contributed by atoms with Crippen molar-refractivity contribution >= 4 is 11.9 Å². The van der Waals surface area contributed by atoms with Gasteiger partial charge in [0.2, 0.25) is 0 Å². The molecule has 0 N–H and O–H groups in total. The number of carbonyl (C=O) groups is 2. The summed E-state index contributed by atoms with van der Waals surface area (Å²) in [4.78, 5) is 27.0. The second kappa shape index (κ2) is 4.78. The third kappa shape index (κ3) is 1.91. The minimum atomic E-state index is -0.643. The Hall–Kier alpha value is -1.85. The van der Waals surface area contributed by atoms with E-state index in [0.29, 0.717) is 12.4 Å². The lowest BCUT2D eigenvalue weighted by molar-refractivity contribution is 0.0543. The number of ether oxygens (including phenoxy) is 2. The fourth-order valence-corrected chi connectivity index (χ4v) is 1.49. The monoisotopic (exact) mass is 226 g/mol. The molecule has 0 saturated heterocycles. The van der Waals surface area contributed by atoms with Gasteiger partial charge in [-0.05, 0) is 13.8 Å². The van der Waals surface area contributed by atoms with Gasteiger partial charge in [0.05, 0.1) is 14.2 Å². The summed E-state index contributed by atoms with van der Waals surface area (Å²) < 4.78 is 10.8. The SMILES string of the molecule is CCn1c(C)nc(C(=O)OC)c1C(=O)OC. The number of methoxy groups -OCH3 is 2. The van der Waals surface area contributed by atoms with Gasteiger partial charge in [-0.25, -0.2) is 14.6 Å². The van der Waals surface area contributed by atoms with Crippen LogP contribution in [0.15, 0.2) is 0 Å². The molecular formula is C10H14N2O4. The number of hydrogen-bond acceptors (Lipinski definition) is 5. The van der Waals surface area contributed by atoms with E-state index in [-0.39, 0.29) is 11.4 Å². The van der Waals surface area contributed by atoms with Crippen molar-refractivity contribution < 1.29 is 19.1 Å². The summed E-state index contributed by atoms with van der Waals surface area (Å²) in [7, 11) is 2.50. The molecule has 0 fully saturated rings. The Morgan fingerprint density at radius 1 is 1.25 bits per heavy atom. The highest BCUT2D eigenvalue weighted by atomic mass is 16.5. The lowest BCUT2D eigenvalue weighted by atomic mass is 10.3. The van der Waals surface area contributed by atoms with Gasteiger partial charge in [-0.1, -0.05) is 0 Å². The molecule has 1 heterocycles. The molecule has 1 rings (SSSR count). The number of rotatable bonds is 3. The van der Waals surface area contributed by atoms with Crippen molar-refractivity contribution in [2.45, 2.75) is 20.4 Å². The molecule has 88 valence electrons. The van der Waals surface area contributed by atoms with Gasteiger partial charge >= 0.3 is 11.9 Å². The van der Waals surface area contributed by atoms with Crippen molar-refractivity contribution in [1.82, 2.24) is 9.55 Å². The molecule has 0 unspecified atom stereocenters. The fraction of sp³-hybridized carbons (Fsp3) is 0.500. The number of hydrogen-bond donors (Lipinski definition) is 0. The summed E-state index contributed by atoms with van der Waals surface area (Å²) in [6.45, 7) is 4.09. The Kier molecular flexibility index (Phi) is 3.65. The van der Waals surface area contributed by atoms with Crippen molar-refractivity contribution in [3.05, 3.63) is 17.2 Å². The summed E-state index contributed by atoms with van der Waals surface area (Å²) >= 11 is 0. The van der Waals surface area contributed by atoms with Crippen molar-refractivity contribution in [2.24, 2.45) is 0 Å². The third-order valence-corrected chi connectivity index (χ3v) is 2.23. The largest absolute Gasteiger partial charge is 0.464 e. The first-order chi connectivity index (χ1) is 7.56. The first kappa shape index (κ1) is 12.2. The van der Waals surface area contributed by atoms with Crippen LogP contribution in [0.3, 0.4) is 0 Å². The molecule has 0 aliphatic heterocycles. The molecular weight excluding hydrogens is 212 g/mol. The van der Waals surface area contributed by atoms with Crippen molar-refractivity contribution in [2.75, 3.05) is 14.2 Å². The van der Waals surface area contributed by atoms with Crippen LogP contribution in [0.5, 0.6) is 0 Å². The molecule has 0 atom stereocenters. The summed E-state index contributed by atoms with van der Waals surface area (Å²) in [6, 6.07) is 0. The highest BCUT2D eigenvalue weighted by molar-refractivity contribution is 6.00. The van der Waals surface area contributed by atoms with Crippen LogP contribution >= 0.6 is 0 Å². The van der Waals surface area contributed by atoms with Crippen molar-refractivity contribution in [3.63, 3.8) is 0 Å². The normalized spacial score (nSPS) is 10.0. The Morgan fingerprint density at radius 3 is 2.25 bits per heavy atom. The minimum absolute atomic E-state index is 0.00583. The number of esters is 2. The molecule has 16 heavy (non-hydrogen) atoms. The summed E-state index contributed by atoms with van der Waals surface area (Å²) in [6.07, 6.45) is 0. The van der Waals surface area contributed by atoms with Crippen molar-refractivity contribution in [1.29, 1.82) is 0 Å². The standard InChI is InChI=1S/C10H14N2O4/c1-5-12-6(2)11-7(9(13)15-3)8(12)10(14)16-4/h5H2,1-4H3. The van der Waals surface area contributed by atoms with Gasteiger partial charge in [0.1, 0.15) is 5.82 Å². The molecule has 0 spiro atoms. The summed E-state index contributed by atoms with van der Waals surface area (Å²) in [5.41, 5.74) is 0.128. The van der Waals surface area contributed by atoms with Gasteiger partial charge in [-0.3, -0.25) is 0 Å². The molecule has 1 aromatic rings. The number of imidazole rings is 1. The van der Waals surface area contributed by atoms with E-state index < -0.39 is 11.9 Å². The highest BCUT2D eigenvalue weighted by Crippen LogP contribution is 2.14. The second-order valence-electron chi connectivity index (χ2n) is 3.08. The van der Waals surface area contributed by atoms with Crippen LogP contribution in [-0.4, -0.2) is 35.7 Å². The van der Waals surface area contributed by atoms with Crippen LogP contribution in [0.2, 0.25) is 0 Å². The highest BCUT2D eigenvalue weighted by Gasteiger charge is 2.26. The smallest absolute Gasteiger partial charge is 0.359 e. The third-order valence-electron chi connectivity index (χ3n) is 2.23. The molecule has 6 nitrogen and oxygen atoms in total. The number of aromatic nitrogens is 2. The fourth-order valence-electron chi connectivity index (χ4n) is 1.49. The Balaban J connectivity index is 3.38. The van der Waals surface area contributed by atoms with Gasteiger partial charge in [-0.15, -0.1) is 0 Å². The predicted octanol–water partition coefficient (Wildman–Crippen LogP) is 0.785. The Labute approximate surface area is 93.2 Å². The average molecular weight is 226 g/mol. The Morgan fingerprint density at radius 2 is 1.81 bits per heavy atom. The van der Waals surface area contributed by atoms with E-state index in [1.807, 2.05) is 6.92 Å². The minimum Gasteiger partial charge on any atom is -0.464 e. The zero-order valence-corrected chi connectivity index (χ0v) is 9.73. The van der Waals surface area contributed by atoms with Crippen LogP contribution in [0.4, 0.5) is 0 Å². The quantitative estimate of drug-likeness (QED) is 0.712. The van der Waals surface area contributed by atoms with Gasteiger partial charge < -0.3 is 14.0 Å². The van der Waals surface area contributed by atoms with E-state index in [0.717, 1.165) is 0 Å². The number of nitrogens with zero attached hydrogens (tertiary/aromatic N) is 2. The molecule has 0 aliphatic rings. The van der Waals surface area contributed by atoms with E-state index >= 15 is 0 Å². The molecule has 0 radical (unpaired) electrons. The maximum Gasteiger partial charge on any atom is 0.359 e. The van der Waals surface area contributed by atoms with E-state index in [9.17, 15) is 9.59 Å². The lowest BCUT2D eigenvalue weighted by Gasteiger charge is -2.05. The lowest BCUT2D eigenvalue weighted by Crippen LogP contribution is -2.15. The van der Waals surface area contributed by atoms with E-state index in [1.165, 1.54) is 14.2 Å². The first-order valence-corrected chi connectivity index (χ1v) is 4.80. The van der Waals surface area contributed by atoms with E-state index in [1.54, 1.807) is 11.5 Å². The predicted molar refractivity (Wildman–Crippen MR) is 55.3 cm³/mol. The zero-order valence-electron chi connectivity index (χ0n) is 9.73. The molecule has 0 bridgehead atoms. The van der Waals surface area contributed by atoms with Crippen LogP contribution in [0.25, 0.3) is 0 Å². The molecule has 0 aliphatic carbocycles. The second-order valence-corrected chi connectivity index (χ2v) is 3.08. The molecule has 0 aromatic carbocycles. The topological polar surface area (TPSA) is 70.4 Å².